The predicted molar refractivity (Wildman–Crippen MR) is 84.1 cm³/mol. The van der Waals surface area contributed by atoms with E-state index in [0.29, 0.717) is 13.0 Å². The molecular weight excluding hydrogens is 281 g/mol. The second kappa shape index (κ2) is 7.59. The molecule has 2 rings (SSSR count). The Morgan fingerprint density at radius 2 is 2.00 bits per heavy atom. The maximum absolute atomic E-state index is 13.6. The van der Waals surface area contributed by atoms with Gasteiger partial charge in [-0.05, 0) is 31.0 Å². The molecule has 0 fully saturated rings. The summed E-state index contributed by atoms with van der Waals surface area (Å²) in [5.74, 6) is -0.611. The Kier molecular flexibility index (Phi) is 5.53. The molecule has 0 saturated heterocycles. The van der Waals surface area contributed by atoms with Gasteiger partial charge in [-0.25, -0.2) is 4.39 Å². The molecule has 2 aromatic rings. The molecule has 1 unspecified atom stereocenters. The van der Waals surface area contributed by atoms with E-state index in [2.05, 4.69) is 5.32 Å². The highest BCUT2D eigenvalue weighted by molar-refractivity contribution is 5.81. The topological polar surface area (TPSA) is 38.3 Å². The Morgan fingerprint density at radius 1 is 1.23 bits per heavy atom. The van der Waals surface area contributed by atoms with E-state index in [4.69, 9.17) is 4.74 Å². The predicted octanol–water partition coefficient (Wildman–Crippen LogP) is 3.61. The molecule has 3 nitrogen and oxygen atoms in total. The largest absolute Gasteiger partial charge is 0.478 e. The Bertz CT molecular complexity index is 642. The Morgan fingerprint density at radius 3 is 2.68 bits per heavy atom. The van der Waals surface area contributed by atoms with E-state index >= 15 is 0 Å². The smallest absolute Gasteiger partial charge is 0.261 e. The Hall–Kier alpha value is -2.36. The normalized spacial score (nSPS) is 11.8. The van der Waals surface area contributed by atoms with Crippen molar-refractivity contribution in [1.29, 1.82) is 0 Å². The van der Waals surface area contributed by atoms with E-state index < -0.39 is 11.9 Å². The first-order valence-corrected chi connectivity index (χ1v) is 7.34. The number of benzene rings is 2. The number of halogens is 1. The number of rotatable bonds is 6. The summed E-state index contributed by atoms with van der Waals surface area (Å²) in [5.41, 5.74) is 2.16. The number of amides is 1. The lowest BCUT2D eigenvalue weighted by Gasteiger charge is -2.17. The molecule has 1 amide bonds. The molecule has 0 aliphatic heterocycles. The van der Waals surface area contributed by atoms with Gasteiger partial charge in [0.15, 0.2) is 17.7 Å². The van der Waals surface area contributed by atoms with Crippen LogP contribution in [0.1, 0.15) is 24.5 Å². The summed E-state index contributed by atoms with van der Waals surface area (Å²) < 4.78 is 19.1. The van der Waals surface area contributed by atoms with Gasteiger partial charge in [-0.15, -0.1) is 0 Å². The highest BCUT2D eigenvalue weighted by Gasteiger charge is 2.19. The number of nitrogens with one attached hydrogen (secondary N) is 1. The molecule has 0 saturated carbocycles. The van der Waals surface area contributed by atoms with Crippen LogP contribution in [0.4, 0.5) is 4.39 Å². The van der Waals surface area contributed by atoms with E-state index in [1.165, 1.54) is 12.1 Å². The van der Waals surface area contributed by atoms with Gasteiger partial charge in [-0.1, -0.05) is 48.9 Å². The van der Waals surface area contributed by atoms with E-state index in [0.717, 1.165) is 11.1 Å². The summed E-state index contributed by atoms with van der Waals surface area (Å²) in [6.07, 6.45) is -0.240. The summed E-state index contributed by atoms with van der Waals surface area (Å²) in [4.78, 5) is 12.2. The SMILES string of the molecule is CCC(Oc1ccccc1F)C(=O)NCc1cccc(C)c1. The van der Waals surface area contributed by atoms with Crippen LogP contribution in [0.25, 0.3) is 0 Å². The summed E-state index contributed by atoms with van der Waals surface area (Å²) in [7, 11) is 0. The van der Waals surface area contributed by atoms with Gasteiger partial charge in [0.25, 0.3) is 5.91 Å². The van der Waals surface area contributed by atoms with Crippen molar-refractivity contribution in [2.45, 2.75) is 32.9 Å². The van der Waals surface area contributed by atoms with Gasteiger partial charge in [0.05, 0.1) is 0 Å². The molecular formula is C18H20FNO2. The monoisotopic (exact) mass is 301 g/mol. The van der Waals surface area contributed by atoms with Crippen LogP contribution in [0.2, 0.25) is 0 Å². The van der Waals surface area contributed by atoms with Crippen molar-refractivity contribution in [2.75, 3.05) is 0 Å². The number of ether oxygens (including phenoxy) is 1. The maximum atomic E-state index is 13.6. The van der Waals surface area contributed by atoms with Crippen molar-refractivity contribution >= 4 is 5.91 Å². The standard InChI is InChI=1S/C18H20FNO2/c1-3-16(22-17-10-5-4-9-15(17)19)18(21)20-12-14-8-6-7-13(2)11-14/h4-11,16H,3,12H2,1-2H3,(H,20,21). The van der Waals surface area contributed by atoms with Crippen molar-refractivity contribution in [1.82, 2.24) is 5.32 Å². The summed E-state index contributed by atoms with van der Waals surface area (Å²) in [6.45, 7) is 4.26. The first-order valence-electron chi connectivity index (χ1n) is 7.34. The number of para-hydroxylation sites is 1. The average Bonchev–Trinajstić information content (AvgIpc) is 2.52. The fraction of sp³-hybridized carbons (Fsp3) is 0.278. The van der Waals surface area contributed by atoms with Crippen LogP contribution < -0.4 is 10.1 Å². The first kappa shape index (κ1) is 16.0. The van der Waals surface area contributed by atoms with E-state index in [9.17, 15) is 9.18 Å². The van der Waals surface area contributed by atoms with Gasteiger partial charge in [-0.3, -0.25) is 4.79 Å². The van der Waals surface area contributed by atoms with Gasteiger partial charge < -0.3 is 10.1 Å². The lowest BCUT2D eigenvalue weighted by molar-refractivity contribution is -0.128. The molecule has 1 atom stereocenters. The zero-order chi connectivity index (χ0) is 15.9. The molecule has 0 heterocycles. The minimum atomic E-state index is -0.707. The van der Waals surface area contributed by atoms with Crippen LogP contribution in [0.3, 0.4) is 0 Å². The molecule has 0 aliphatic carbocycles. The molecule has 116 valence electrons. The number of aryl methyl sites for hydroxylation is 1. The fourth-order valence-electron chi connectivity index (χ4n) is 2.14. The van der Waals surface area contributed by atoms with Crippen molar-refractivity contribution in [2.24, 2.45) is 0 Å². The van der Waals surface area contributed by atoms with E-state index in [1.54, 1.807) is 12.1 Å². The molecule has 1 N–H and O–H groups in total. The van der Waals surface area contributed by atoms with Gasteiger partial charge in [0.2, 0.25) is 0 Å². The average molecular weight is 301 g/mol. The van der Waals surface area contributed by atoms with Crippen LogP contribution in [0, 0.1) is 12.7 Å². The third kappa shape index (κ3) is 4.32. The molecule has 4 heteroatoms. The van der Waals surface area contributed by atoms with Crippen LogP contribution in [0.5, 0.6) is 5.75 Å². The first-order chi connectivity index (χ1) is 10.6. The van der Waals surface area contributed by atoms with E-state index in [1.807, 2.05) is 38.1 Å². The van der Waals surface area contributed by atoms with Crippen molar-refractivity contribution in [3.63, 3.8) is 0 Å². The third-order valence-electron chi connectivity index (χ3n) is 3.32. The number of carbonyl (C=O) groups is 1. The number of hydrogen-bond donors (Lipinski definition) is 1. The zero-order valence-electron chi connectivity index (χ0n) is 12.8. The summed E-state index contributed by atoms with van der Waals surface area (Å²) >= 11 is 0. The second-order valence-corrected chi connectivity index (χ2v) is 5.15. The highest BCUT2D eigenvalue weighted by atomic mass is 19.1. The van der Waals surface area contributed by atoms with Crippen molar-refractivity contribution in [3.05, 3.63) is 65.5 Å². The minimum Gasteiger partial charge on any atom is -0.478 e. The molecule has 22 heavy (non-hydrogen) atoms. The molecule has 0 aliphatic rings. The lowest BCUT2D eigenvalue weighted by Crippen LogP contribution is -2.37. The minimum absolute atomic E-state index is 0.0973. The number of carbonyl (C=O) groups excluding carboxylic acids is 1. The molecule has 0 bridgehead atoms. The highest BCUT2D eigenvalue weighted by Crippen LogP contribution is 2.18. The lowest BCUT2D eigenvalue weighted by atomic mass is 10.1. The van der Waals surface area contributed by atoms with Gasteiger partial charge in [0.1, 0.15) is 0 Å². The van der Waals surface area contributed by atoms with E-state index in [-0.39, 0.29) is 11.7 Å². The van der Waals surface area contributed by atoms with Crippen LogP contribution in [-0.4, -0.2) is 12.0 Å². The summed E-state index contributed by atoms with van der Waals surface area (Å²) in [6, 6.07) is 14.0. The van der Waals surface area contributed by atoms with Gasteiger partial charge in [-0.2, -0.15) is 0 Å². The summed E-state index contributed by atoms with van der Waals surface area (Å²) in [5, 5.41) is 2.83. The van der Waals surface area contributed by atoms with Crippen LogP contribution in [0.15, 0.2) is 48.5 Å². The van der Waals surface area contributed by atoms with Crippen LogP contribution in [-0.2, 0) is 11.3 Å². The molecule has 0 spiro atoms. The maximum Gasteiger partial charge on any atom is 0.261 e. The fourth-order valence-corrected chi connectivity index (χ4v) is 2.14. The number of hydrogen-bond acceptors (Lipinski definition) is 2. The molecule has 0 aromatic heterocycles. The Labute approximate surface area is 130 Å². The molecule has 2 aromatic carbocycles. The molecule has 0 radical (unpaired) electrons. The van der Waals surface area contributed by atoms with Gasteiger partial charge in [0, 0.05) is 6.54 Å². The van der Waals surface area contributed by atoms with Gasteiger partial charge >= 0.3 is 0 Å². The quantitative estimate of drug-likeness (QED) is 0.885. The second-order valence-electron chi connectivity index (χ2n) is 5.15. The van der Waals surface area contributed by atoms with Crippen molar-refractivity contribution < 1.29 is 13.9 Å². The Balaban J connectivity index is 1.96. The zero-order valence-corrected chi connectivity index (χ0v) is 12.8. The van der Waals surface area contributed by atoms with Crippen molar-refractivity contribution in [3.8, 4) is 5.75 Å². The van der Waals surface area contributed by atoms with Crippen LogP contribution >= 0.6 is 0 Å². The third-order valence-corrected chi connectivity index (χ3v) is 3.32.